The van der Waals surface area contributed by atoms with E-state index in [9.17, 15) is 9.59 Å². The van der Waals surface area contributed by atoms with E-state index >= 15 is 0 Å². The van der Waals surface area contributed by atoms with Crippen LogP contribution in [0.3, 0.4) is 0 Å². The van der Waals surface area contributed by atoms with Gasteiger partial charge in [0.15, 0.2) is 11.5 Å². The minimum atomic E-state index is -0.310. The van der Waals surface area contributed by atoms with Crippen molar-refractivity contribution in [3.8, 4) is 17.5 Å². The molecule has 162 valence electrons. The van der Waals surface area contributed by atoms with Crippen LogP contribution in [-0.2, 0) is 4.79 Å². The molecule has 1 fully saturated rings. The first kappa shape index (κ1) is 20.3. The van der Waals surface area contributed by atoms with E-state index in [0.717, 1.165) is 6.42 Å². The van der Waals surface area contributed by atoms with Gasteiger partial charge in [-0.15, -0.1) is 0 Å². The van der Waals surface area contributed by atoms with E-state index < -0.39 is 0 Å². The van der Waals surface area contributed by atoms with Gasteiger partial charge in [0.05, 0.1) is 42.1 Å². The van der Waals surface area contributed by atoms with Crippen molar-refractivity contribution in [2.24, 2.45) is 0 Å². The first-order valence-corrected chi connectivity index (χ1v) is 10.3. The number of hydrogen-bond donors (Lipinski definition) is 0. The Labute approximate surface area is 188 Å². The topological polar surface area (TPSA) is 120 Å². The number of rotatable bonds is 4. The van der Waals surface area contributed by atoms with Crippen LogP contribution in [0, 0.1) is 11.3 Å². The lowest BCUT2D eigenvalue weighted by Gasteiger charge is -2.17. The van der Waals surface area contributed by atoms with Gasteiger partial charge in [-0.2, -0.15) is 5.26 Å². The normalized spacial score (nSPS) is 13.3. The molecule has 0 saturated carbocycles. The first-order chi connectivity index (χ1) is 16.0. The third kappa shape index (κ3) is 3.65. The lowest BCUT2D eigenvalue weighted by Crippen LogP contribution is -2.27. The van der Waals surface area contributed by atoms with E-state index in [1.54, 1.807) is 65.4 Å². The van der Waals surface area contributed by atoms with E-state index in [1.807, 2.05) is 0 Å². The van der Waals surface area contributed by atoms with Gasteiger partial charge < -0.3 is 4.90 Å². The fraction of sp³-hybridized carbons (Fsp3) is 0.174. The van der Waals surface area contributed by atoms with Crippen molar-refractivity contribution >= 4 is 29.0 Å². The van der Waals surface area contributed by atoms with E-state index in [4.69, 9.17) is 5.26 Å². The molecule has 1 saturated heterocycles. The summed E-state index contributed by atoms with van der Waals surface area (Å²) in [6.45, 7) is 0.645. The molecule has 4 aromatic rings. The molecule has 0 radical (unpaired) electrons. The van der Waals surface area contributed by atoms with E-state index in [0.29, 0.717) is 47.1 Å². The number of aromatic nitrogens is 5. The number of hydrogen-bond acceptors (Lipinski definition) is 7. The van der Waals surface area contributed by atoms with Crippen molar-refractivity contribution in [1.29, 1.82) is 5.26 Å². The fourth-order valence-electron chi connectivity index (χ4n) is 3.72. The van der Waals surface area contributed by atoms with Gasteiger partial charge in [-0.05, 0) is 30.7 Å². The molecular weight excluding hydrogens is 420 g/mol. The van der Waals surface area contributed by atoms with Crippen molar-refractivity contribution in [3.05, 3.63) is 66.5 Å². The van der Waals surface area contributed by atoms with Crippen LogP contribution in [0.25, 0.3) is 17.0 Å². The SMILES string of the molecule is CN(C(=O)c1cn2c(-c3cnc(N4CCCC4=O)cn3)cnc2cn1)c1ccc(C#N)cc1. The molecular formula is C23H18N8O2. The van der Waals surface area contributed by atoms with Crippen LogP contribution in [-0.4, -0.2) is 49.7 Å². The van der Waals surface area contributed by atoms with Gasteiger partial charge in [0.25, 0.3) is 5.91 Å². The number of benzene rings is 1. The number of carbonyl (C=O) groups is 2. The van der Waals surface area contributed by atoms with Gasteiger partial charge in [0.2, 0.25) is 5.91 Å². The minimum absolute atomic E-state index is 0.0486. The van der Waals surface area contributed by atoms with Crippen LogP contribution in [0.5, 0.6) is 0 Å². The molecule has 0 spiro atoms. The van der Waals surface area contributed by atoms with Crippen molar-refractivity contribution in [2.45, 2.75) is 12.8 Å². The molecule has 1 aliphatic heterocycles. The predicted molar refractivity (Wildman–Crippen MR) is 119 cm³/mol. The molecule has 1 aliphatic rings. The number of carbonyl (C=O) groups excluding carboxylic acids is 2. The first-order valence-electron chi connectivity index (χ1n) is 10.3. The van der Waals surface area contributed by atoms with Crippen LogP contribution >= 0.6 is 0 Å². The zero-order valence-electron chi connectivity index (χ0n) is 17.7. The average Bonchev–Trinajstić information content (AvgIpc) is 3.49. The summed E-state index contributed by atoms with van der Waals surface area (Å²) in [4.78, 5) is 45.5. The number of nitrogens with zero attached hydrogens (tertiary/aromatic N) is 8. The molecule has 5 rings (SSSR count). The third-order valence-corrected chi connectivity index (χ3v) is 5.55. The lowest BCUT2D eigenvalue weighted by atomic mass is 10.2. The highest BCUT2D eigenvalue weighted by Gasteiger charge is 2.23. The van der Waals surface area contributed by atoms with Crippen molar-refractivity contribution in [2.75, 3.05) is 23.4 Å². The fourth-order valence-corrected chi connectivity index (χ4v) is 3.72. The number of nitriles is 1. The van der Waals surface area contributed by atoms with Crippen molar-refractivity contribution in [1.82, 2.24) is 24.3 Å². The maximum absolute atomic E-state index is 13.0. The Bertz CT molecular complexity index is 1400. The minimum Gasteiger partial charge on any atom is -0.310 e. The zero-order valence-corrected chi connectivity index (χ0v) is 17.7. The van der Waals surface area contributed by atoms with Crippen LogP contribution in [0.15, 0.2) is 55.2 Å². The summed E-state index contributed by atoms with van der Waals surface area (Å²) >= 11 is 0. The molecule has 10 nitrogen and oxygen atoms in total. The van der Waals surface area contributed by atoms with Crippen LogP contribution in [0.4, 0.5) is 11.5 Å². The van der Waals surface area contributed by atoms with E-state index in [-0.39, 0.29) is 17.5 Å². The van der Waals surface area contributed by atoms with E-state index in [2.05, 4.69) is 26.0 Å². The summed E-state index contributed by atoms with van der Waals surface area (Å²) in [5, 5.41) is 8.96. The Morgan fingerprint density at radius 2 is 1.88 bits per heavy atom. The molecule has 10 heteroatoms. The Hall–Kier alpha value is -4.65. The highest BCUT2D eigenvalue weighted by atomic mass is 16.2. The van der Waals surface area contributed by atoms with E-state index in [1.165, 1.54) is 11.1 Å². The Balaban J connectivity index is 1.44. The summed E-state index contributed by atoms with van der Waals surface area (Å²) in [5.74, 6) is 0.263. The molecule has 2 amide bonds. The summed E-state index contributed by atoms with van der Waals surface area (Å²) < 4.78 is 1.73. The highest BCUT2D eigenvalue weighted by molar-refractivity contribution is 6.04. The smallest absolute Gasteiger partial charge is 0.278 e. The lowest BCUT2D eigenvalue weighted by molar-refractivity contribution is -0.117. The quantitative estimate of drug-likeness (QED) is 0.480. The van der Waals surface area contributed by atoms with Crippen molar-refractivity contribution < 1.29 is 9.59 Å². The molecule has 4 heterocycles. The molecule has 0 unspecified atom stereocenters. The predicted octanol–water partition coefficient (Wildman–Crippen LogP) is 2.46. The van der Waals surface area contributed by atoms with Gasteiger partial charge >= 0.3 is 0 Å². The van der Waals surface area contributed by atoms with Crippen LogP contribution in [0.2, 0.25) is 0 Å². The van der Waals surface area contributed by atoms with Gasteiger partial charge in [-0.1, -0.05) is 0 Å². The number of imidazole rings is 1. The molecule has 3 aromatic heterocycles. The molecule has 0 aliphatic carbocycles. The van der Waals surface area contributed by atoms with Gasteiger partial charge in [-0.25, -0.2) is 19.9 Å². The van der Waals surface area contributed by atoms with Gasteiger partial charge in [0.1, 0.15) is 11.4 Å². The summed E-state index contributed by atoms with van der Waals surface area (Å²) in [5.41, 5.74) is 3.15. The maximum Gasteiger partial charge on any atom is 0.278 e. The second-order valence-electron chi connectivity index (χ2n) is 7.58. The summed E-state index contributed by atoms with van der Waals surface area (Å²) in [6.07, 6.45) is 9.28. The van der Waals surface area contributed by atoms with Crippen LogP contribution in [0.1, 0.15) is 28.9 Å². The Morgan fingerprint density at radius 1 is 1.06 bits per heavy atom. The van der Waals surface area contributed by atoms with Crippen molar-refractivity contribution in [3.63, 3.8) is 0 Å². The highest BCUT2D eigenvalue weighted by Crippen LogP contribution is 2.23. The largest absolute Gasteiger partial charge is 0.310 e. The Kier molecular flexibility index (Phi) is 4.99. The monoisotopic (exact) mass is 438 g/mol. The van der Waals surface area contributed by atoms with Gasteiger partial charge in [-0.3, -0.25) is 18.9 Å². The number of anilines is 2. The molecule has 0 bridgehead atoms. The van der Waals surface area contributed by atoms with Gasteiger partial charge in [0, 0.05) is 31.9 Å². The summed E-state index contributed by atoms with van der Waals surface area (Å²) in [7, 11) is 1.65. The average molecular weight is 438 g/mol. The second kappa shape index (κ2) is 8.12. The molecule has 0 N–H and O–H groups in total. The molecule has 33 heavy (non-hydrogen) atoms. The molecule has 0 atom stereocenters. The molecule has 1 aromatic carbocycles. The van der Waals surface area contributed by atoms with Crippen LogP contribution < -0.4 is 9.80 Å². The zero-order chi connectivity index (χ0) is 22.9. The number of amides is 2. The standard InChI is InChI=1S/C23H18N8O2/c1-29(16-6-4-15(9-24)5-7-16)23(33)18-14-31-19(11-28-21(31)13-26-18)17-10-27-20(12-25-17)30-8-2-3-22(30)32/h4-7,10-14H,2-3,8H2,1H3. The summed E-state index contributed by atoms with van der Waals surface area (Å²) in [6, 6.07) is 8.78. The maximum atomic E-state index is 13.0. The Morgan fingerprint density at radius 3 is 2.55 bits per heavy atom. The third-order valence-electron chi connectivity index (χ3n) is 5.55. The number of fused-ring (bicyclic) bond motifs is 1. The second-order valence-corrected chi connectivity index (χ2v) is 7.58.